The van der Waals surface area contributed by atoms with Crippen molar-refractivity contribution in [1.29, 1.82) is 0 Å². The topological polar surface area (TPSA) is 66.0 Å². The minimum absolute atomic E-state index is 0.0987. The van der Waals surface area contributed by atoms with Gasteiger partial charge < -0.3 is 10.5 Å². The summed E-state index contributed by atoms with van der Waals surface area (Å²) in [6.07, 6.45) is 1.86. The third-order valence-corrected chi connectivity index (χ3v) is 1.52. The zero-order chi connectivity index (χ0) is 9.68. The van der Waals surface area contributed by atoms with Crippen molar-refractivity contribution in [3.8, 4) is 0 Å². The lowest BCUT2D eigenvalue weighted by Crippen LogP contribution is -2.22. The monoisotopic (exact) mass is 184 g/mol. The molecule has 1 heterocycles. The second-order valence-corrected chi connectivity index (χ2v) is 3.05. The van der Waals surface area contributed by atoms with E-state index in [1.54, 1.807) is 4.68 Å². The summed E-state index contributed by atoms with van der Waals surface area (Å²) in [6.45, 7) is 5.80. The van der Waals surface area contributed by atoms with Gasteiger partial charge in [0.2, 0.25) is 0 Å². The predicted molar refractivity (Wildman–Crippen MR) is 49.0 cm³/mol. The van der Waals surface area contributed by atoms with E-state index < -0.39 is 0 Å². The molecule has 0 amide bonds. The van der Waals surface area contributed by atoms with E-state index in [1.165, 1.54) is 0 Å². The third kappa shape index (κ3) is 3.52. The molecule has 5 nitrogen and oxygen atoms in total. The highest BCUT2D eigenvalue weighted by molar-refractivity contribution is 4.89. The van der Waals surface area contributed by atoms with Crippen LogP contribution in [0.15, 0.2) is 6.20 Å². The van der Waals surface area contributed by atoms with E-state index in [4.69, 9.17) is 10.5 Å². The van der Waals surface area contributed by atoms with Gasteiger partial charge >= 0.3 is 0 Å². The van der Waals surface area contributed by atoms with E-state index >= 15 is 0 Å². The standard InChI is InChI=1S/C8H16N4O/c1-3-13-6-8-5-12(11-10-8)4-7(2)9/h5,7H,3-4,6,9H2,1-2H3/t7-/m0/s1. The lowest BCUT2D eigenvalue weighted by Gasteiger charge is -2.02. The maximum atomic E-state index is 5.61. The summed E-state index contributed by atoms with van der Waals surface area (Å²) in [7, 11) is 0. The van der Waals surface area contributed by atoms with Crippen LogP contribution in [0.3, 0.4) is 0 Å². The Labute approximate surface area is 77.9 Å². The maximum absolute atomic E-state index is 5.61. The molecule has 5 heteroatoms. The van der Waals surface area contributed by atoms with Gasteiger partial charge in [0, 0.05) is 12.6 Å². The van der Waals surface area contributed by atoms with Crippen molar-refractivity contribution in [2.24, 2.45) is 5.73 Å². The minimum Gasteiger partial charge on any atom is -0.375 e. The molecule has 0 radical (unpaired) electrons. The number of nitrogens with two attached hydrogens (primary N) is 1. The van der Waals surface area contributed by atoms with Crippen molar-refractivity contribution in [2.75, 3.05) is 6.61 Å². The van der Waals surface area contributed by atoms with Gasteiger partial charge in [-0.1, -0.05) is 5.21 Å². The molecule has 13 heavy (non-hydrogen) atoms. The van der Waals surface area contributed by atoms with Crippen molar-refractivity contribution in [2.45, 2.75) is 33.0 Å². The third-order valence-electron chi connectivity index (χ3n) is 1.52. The summed E-state index contributed by atoms with van der Waals surface area (Å²) >= 11 is 0. The molecule has 2 N–H and O–H groups in total. The summed E-state index contributed by atoms with van der Waals surface area (Å²) < 4.78 is 6.93. The molecule has 74 valence electrons. The predicted octanol–water partition coefficient (Wildman–Crippen LogP) is 0.162. The largest absolute Gasteiger partial charge is 0.375 e. The zero-order valence-corrected chi connectivity index (χ0v) is 8.10. The van der Waals surface area contributed by atoms with Gasteiger partial charge in [0.25, 0.3) is 0 Å². The fourth-order valence-electron chi connectivity index (χ4n) is 0.996. The maximum Gasteiger partial charge on any atom is 0.108 e. The van der Waals surface area contributed by atoms with Crippen LogP contribution in [0.1, 0.15) is 19.5 Å². The lowest BCUT2D eigenvalue weighted by molar-refractivity contribution is 0.131. The summed E-state index contributed by atoms with van der Waals surface area (Å²) in [6, 6.07) is 0.0987. The molecule has 0 bridgehead atoms. The molecule has 1 aromatic heterocycles. The van der Waals surface area contributed by atoms with Crippen LogP contribution in [0.2, 0.25) is 0 Å². The normalized spacial score (nSPS) is 13.2. The molecule has 0 unspecified atom stereocenters. The van der Waals surface area contributed by atoms with Crippen LogP contribution in [-0.2, 0) is 17.9 Å². The van der Waals surface area contributed by atoms with Crippen LogP contribution >= 0.6 is 0 Å². The quantitative estimate of drug-likeness (QED) is 0.708. The Morgan fingerprint density at radius 1 is 1.69 bits per heavy atom. The second kappa shape index (κ2) is 4.94. The van der Waals surface area contributed by atoms with Crippen LogP contribution in [0.25, 0.3) is 0 Å². The number of rotatable bonds is 5. The summed E-state index contributed by atoms with van der Waals surface area (Å²) in [5, 5.41) is 7.86. The fourth-order valence-corrected chi connectivity index (χ4v) is 0.996. The summed E-state index contributed by atoms with van der Waals surface area (Å²) in [4.78, 5) is 0. The van der Waals surface area contributed by atoms with Crippen LogP contribution in [-0.4, -0.2) is 27.6 Å². The van der Waals surface area contributed by atoms with Gasteiger partial charge in [-0.3, -0.25) is 4.68 Å². The Balaban J connectivity index is 2.44. The molecule has 0 aliphatic heterocycles. The lowest BCUT2D eigenvalue weighted by atomic mass is 10.4. The highest BCUT2D eigenvalue weighted by atomic mass is 16.5. The van der Waals surface area contributed by atoms with Gasteiger partial charge in [-0.2, -0.15) is 0 Å². The Morgan fingerprint density at radius 3 is 3.08 bits per heavy atom. The number of hydrogen-bond donors (Lipinski definition) is 1. The van der Waals surface area contributed by atoms with Crippen LogP contribution in [0, 0.1) is 0 Å². The first-order chi connectivity index (χ1) is 6.22. The van der Waals surface area contributed by atoms with Crippen LogP contribution in [0.4, 0.5) is 0 Å². The van der Waals surface area contributed by atoms with Crippen molar-refractivity contribution in [3.05, 3.63) is 11.9 Å². The van der Waals surface area contributed by atoms with E-state index in [9.17, 15) is 0 Å². The van der Waals surface area contributed by atoms with E-state index in [2.05, 4.69) is 10.3 Å². The molecule has 0 fully saturated rings. The molecular weight excluding hydrogens is 168 g/mol. The van der Waals surface area contributed by atoms with Gasteiger partial charge in [0.1, 0.15) is 5.69 Å². The molecule has 0 saturated carbocycles. The van der Waals surface area contributed by atoms with Crippen molar-refractivity contribution < 1.29 is 4.74 Å². The van der Waals surface area contributed by atoms with Crippen LogP contribution < -0.4 is 5.73 Å². The molecule has 0 spiro atoms. The van der Waals surface area contributed by atoms with Crippen LogP contribution in [0.5, 0.6) is 0 Å². The first-order valence-electron chi connectivity index (χ1n) is 4.44. The Hall–Kier alpha value is -0.940. The molecule has 0 aliphatic carbocycles. The van der Waals surface area contributed by atoms with E-state index in [-0.39, 0.29) is 6.04 Å². The van der Waals surface area contributed by atoms with E-state index in [0.29, 0.717) is 19.8 Å². The molecule has 0 saturated heterocycles. The molecule has 1 rings (SSSR count). The minimum atomic E-state index is 0.0987. The average molecular weight is 184 g/mol. The van der Waals surface area contributed by atoms with Gasteiger partial charge in [0.15, 0.2) is 0 Å². The SMILES string of the molecule is CCOCc1cn(C[C@H](C)N)nn1. The first-order valence-corrected chi connectivity index (χ1v) is 4.44. The van der Waals surface area contributed by atoms with Crippen molar-refractivity contribution >= 4 is 0 Å². The van der Waals surface area contributed by atoms with E-state index in [1.807, 2.05) is 20.0 Å². The zero-order valence-electron chi connectivity index (χ0n) is 8.10. The smallest absolute Gasteiger partial charge is 0.108 e. The molecular formula is C8H16N4O. The van der Waals surface area contributed by atoms with Crippen molar-refractivity contribution in [3.63, 3.8) is 0 Å². The average Bonchev–Trinajstić information content (AvgIpc) is 2.48. The van der Waals surface area contributed by atoms with Gasteiger partial charge in [-0.25, -0.2) is 0 Å². The molecule has 1 aromatic rings. The molecule has 0 aromatic carbocycles. The van der Waals surface area contributed by atoms with E-state index in [0.717, 1.165) is 5.69 Å². The Bertz CT molecular complexity index is 246. The molecule has 0 aliphatic rings. The number of aromatic nitrogens is 3. The summed E-state index contributed by atoms with van der Waals surface area (Å²) in [5.74, 6) is 0. The molecule has 1 atom stereocenters. The first kappa shape index (κ1) is 10.1. The highest BCUT2D eigenvalue weighted by Crippen LogP contribution is 1.96. The highest BCUT2D eigenvalue weighted by Gasteiger charge is 2.01. The number of ether oxygens (including phenoxy) is 1. The Kier molecular flexibility index (Phi) is 3.85. The van der Waals surface area contributed by atoms with Gasteiger partial charge in [-0.05, 0) is 13.8 Å². The summed E-state index contributed by atoms with van der Waals surface area (Å²) in [5.41, 5.74) is 6.46. The van der Waals surface area contributed by atoms with Crippen molar-refractivity contribution in [1.82, 2.24) is 15.0 Å². The Morgan fingerprint density at radius 2 is 2.46 bits per heavy atom. The van der Waals surface area contributed by atoms with Gasteiger partial charge in [0.05, 0.1) is 19.3 Å². The van der Waals surface area contributed by atoms with Gasteiger partial charge in [-0.15, -0.1) is 5.10 Å². The second-order valence-electron chi connectivity index (χ2n) is 3.05. The fraction of sp³-hybridized carbons (Fsp3) is 0.750. The number of hydrogen-bond acceptors (Lipinski definition) is 4. The number of nitrogens with zero attached hydrogens (tertiary/aromatic N) is 3.